The lowest BCUT2D eigenvalue weighted by Crippen LogP contribution is -2.31. The number of carbonyl (C=O) groups is 1. The van der Waals surface area contributed by atoms with Gasteiger partial charge in [-0.2, -0.15) is 5.10 Å². The molecule has 0 unspecified atom stereocenters. The molecule has 8 heteroatoms. The number of hydrogen-bond acceptors (Lipinski definition) is 4. The van der Waals surface area contributed by atoms with Crippen molar-refractivity contribution in [3.63, 3.8) is 0 Å². The van der Waals surface area contributed by atoms with E-state index in [-0.39, 0.29) is 0 Å². The topological polar surface area (TPSA) is 61.2 Å². The third-order valence-electron chi connectivity index (χ3n) is 3.52. The van der Waals surface area contributed by atoms with Crippen LogP contribution >= 0.6 is 43.5 Å². The van der Waals surface area contributed by atoms with Gasteiger partial charge in [0.1, 0.15) is 5.75 Å². The van der Waals surface area contributed by atoms with Crippen LogP contribution in [0.15, 0.2) is 62.3 Å². The molecule has 0 aliphatic heterocycles. The Bertz CT molecular complexity index is 1070. The Hall–Kier alpha value is -1.96. The molecule has 0 saturated heterocycles. The van der Waals surface area contributed by atoms with E-state index in [0.717, 1.165) is 14.5 Å². The molecular formula is C18H11Br2ClN2O3. The zero-order chi connectivity index (χ0) is 18.8. The highest BCUT2D eigenvalue weighted by atomic mass is 79.9. The van der Waals surface area contributed by atoms with Crippen molar-refractivity contribution in [1.29, 1.82) is 0 Å². The summed E-state index contributed by atoms with van der Waals surface area (Å²) in [6.07, 6.45) is -0.890. The van der Waals surface area contributed by atoms with Crippen LogP contribution in [0.5, 0.6) is 5.75 Å². The molecule has 0 amide bonds. The smallest absolute Gasteiger partial charge is 0.408 e. The van der Waals surface area contributed by atoms with Gasteiger partial charge in [0, 0.05) is 25.6 Å². The van der Waals surface area contributed by atoms with Gasteiger partial charge in [0.15, 0.2) is 0 Å². The Morgan fingerprint density at radius 3 is 2.54 bits per heavy atom. The van der Waals surface area contributed by atoms with Gasteiger partial charge in [-0.1, -0.05) is 17.7 Å². The summed E-state index contributed by atoms with van der Waals surface area (Å²) in [6.45, 7) is 1.75. The fourth-order valence-corrected chi connectivity index (χ4v) is 3.07. The zero-order valence-electron chi connectivity index (χ0n) is 13.4. The number of ether oxygens (including phenoxy) is 1. The lowest BCUT2D eigenvalue weighted by Gasteiger charge is -2.09. The number of rotatable bonds is 2. The van der Waals surface area contributed by atoms with Crippen LogP contribution in [-0.4, -0.2) is 15.9 Å². The van der Waals surface area contributed by atoms with Crippen molar-refractivity contribution in [3.8, 4) is 17.0 Å². The summed E-state index contributed by atoms with van der Waals surface area (Å²) in [4.78, 5) is 24.5. The molecule has 2 aromatic carbocycles. The number of carbonyl (C=O) groups excluding carboxylic acids is 1. The minimum absolute atomic E-state index is 0.310. The van der Waals surface area contributed by atoms with Crippen molar-refractivity contribution >= 4 is 49.6 Å². The summed E-state index contributed by atoms with van der Waals surface area (Å²) in [5.41, 5.74) is 1.29. The standard InChI is InChI=1S/C18H11Br2ClN2O3/c1-10-8-12(21)3-6-16(10)26-18(25)23-17(24)7-5-15(22-23)11-2-4-13(19)14(20)9-11/h2-9H,1H3. The second-order valence-corrected chi connectivity index (χ2v) is 7.52. The number of aryl methyl sites for hydroxylation is 1. The van der Waals surface area contributed by atoms with Crippen molar-refractivity contribution in [2.45, 2.75) is 6.92 Å². The molecule has 0 aliphatic rings. The van der Waals surface area contributed by atoms with Crippen molar-refractivity contribution in [2.24, 2.45) is 0 Å². The van der Waals surface area contributed by atoms with Crippen molar-refractivity contribution < 1.29 is 9.53 Å². The molecule has 1 heterocycles. The minimum atomic E-state index is -0.890. The Morgan fingerprint density at radius 2 is 1.85 bits per heavy atom. The van der Waals surface area contributed by atoms with Gasteiger partial charge in [-0.25, -0.2) is 4.79 Å². The number of halogens is 3. The van der Waals surface area contributed by atoms with Crippen LogP contribution < -0.4 is 10.3 Å². The second kappa shape index (κ2) is 7.73. The first-order valence-electron chi connectivity index (χ1n) is 7.39. The van der Waals surface area contributed by atoms with Gasteiger partial charge in [0.2, 0.25) is 0 Å². The van der Waals surface area contributed by atoms with Crippen LogP contribution in [0.3, 0.4) is 0 Å². The van der Waals surface area contributed by atoms with E-state index >= 15 is 0 Å². The van der Waals surface area contributed by atoms with Crippen LogP contribution in [0, 0.1) is 6.92 Å². The average Bonchev–Trinajstić information content (AvgIpc) is 2.60. The molecule has 0 saturated carbocycles. The fourth-order valence-electron chi connectivity index (χ4n) is 2.22. The lowest BCUT2D eigenvalue weighted by atomic mass is 10.1. The van der Waals surface area contributed by atoms with Gasteiger partial charge in [0.05, 0.1) is 5.69 Å². The summed E-state index contributed by atoms with van der Waals surface area (Å²) in [5.74, 6) is 0.310. The molecular weight excluding hydrogens is 487 g/mol. The molecule has 0 radical (unpaired) electrons. The monoisotopic (exact) mass is 496 g/mol. The van der Waals surface area contributed by atoms with Crippen molar-refractivity contribution in [3.05, 3.63) is 78.4 Å². The van der Waals surface area contributed by atoms with Crippen molar-refractivity contribution in [1.82, 2.24) is 9.78 Å². The highest BCUT2D eigenvalue weighted by Crippen LogP contribution is 2.28. The van der Waals surface area contributed by atoms with E-state index < -0.39 is 11.7 Å². The van der Waals surface area contributed by atoms with Gasteiger partial charge in [0.25, 0.3) is 5.56 Å². The zero-order valence-corrected chi connectivity index (χ0v) is 17.3. The largest absolute Gasteiger partial charge is 0.443 e. The summed E-state index contributed by atoms with van der Waals surface area (Å²) < 4.78 is 7.69. The molecule has 0 spiro atoms. The SMILES string of the molecule is Cc1cc(Cl)ccc1OC(=O)n1nc(-c2ccc(Br)c(Br)c2)ccc1=O. The minimum Gasteiger partial charge on any atom is -0.408 e. The Labute approximate surface area is 170 Å². The second-order valence-electron chi connectivity index (χ2n) is 5.38. The number of nitrogens with zero attached hydrogens (tertiary/aromatic N) is 2. The fraction of sp³-hybridized carbons (Fsp3) is 0.0556. The lowest BCUT2D eigenvalue weighted by molar-refractivity contribution is 0.197. The molecule has 0 aliphatic carbocycles. The first kappa shape index (κ1) is 18.8. The molecule has 0 fully saturated rings. The molecule has 1 aromatic heterocycles. The molecule has 5 nitrogen and oxygen atoms in total. The third kappa shape index (κ3) is 4.06. The van der Waals surface area contributed by atoms with E-state index in [2.05, 4.69) is 37.0 Å². The van der Waals surface area contributed by atoms with Crippen LogP contribution in [0.1, 0.15) is 5.56 Å². The molecule has 0 N–H and O–H groups in total. The van der Waals surface area contributed by atoms with Crippen molar-refractivity contribution in [2.75, 3.05) is 0 Å². The maximum atomic E-state index is 12.4. The van der Waals surface area contributed by atoms with Crippen LogP contribution in [0.2, 0.25) is 5.02 Å². The van der Waals surface area contributed by atoms with E-state index in [9.17, 15) is 9.59 Å². The predicted molar refractivity (Wildman–Crippen MR) is 107 cm³/mol. The summed E-state index contributed by atoms with van der Waals surface area (Å²) >= 11 is 12.7. The number of hydrogen-bond donors (Lipinski definition) is 0. The highest BCUT2D eigenvalue weighted by molar-refractivity contribution is 9.13. The van der Waals surface area contributed by atoms with Gasteiger partial charge < -0.3 is 4.74 Å². The van der Waals surface area contributed by atoms with E-state index in [1.54, 1.807) is 31.2 Å². The van der Waals surface area contributed by atoms with E-state index in [4.69, 9.17) is 16.3 Å². The molecule has 3 aromatic rings. The molecule has 26 heavy (non-hydrogen) atoms. The van der Waals surface area contributed by atoms with Gasteiger partial charge in [-0.05, 0) is 80.7 Å². The predicted octanol–water partition coefficient (Wildman–Crippen LogP) is 5.44. The highest BCUT2D eigenvalue weighted by Gasteiger charge is 2.15. The summed E-state index contributed by atoms with van der Waals surface area (Å²) in [7, 11) is 0. The van der Waals surface area contributed by atoms with Gasteiger partial charge >= 0.3 is 6.09 Å². The molecule has 132 valence electrons. The quantitative estimate of drug-likeness (QED) is 0.472. The first-order chi connectivity index (χ1) is 12.3. The van der Waals surface area contributed by atoms with Gasteiger partial charge in [-0.15, -0.1) is 4.68 Å². The van der Waals surface area contributed by atoms with E-state index in [0.29, 0.717) is 26.7 Å². The van der Waals surface area contributed by atoms with E-state index in [1.165, 1.54) is 6.07 Å². The Morgan fingerprint density at radius 1 is 1.08 bits per heavy atom. The van der Waals surface area contributed by atoms with Crippen LogP contribution in [0.25, 0.3) is 11.3 Å². The van der Waals surface area contributed by atoms with Gasteiger partial charge in [-0.3, -0.25) is 4.79 Å². The van der Waals surface area contributed by atoms with Crippen LogP contribution in [-0.2, 0) is 0 Å². The molecule has 0 atom stereocenters. The first-order valence-corrected chi connectivity index (χ1v) is 9.35. The Kier molecular flexibility index (Phi) is 5.60. The number of benzene rings is 2. The Balaban J connectivity index is 1.95. The molecule has 0 bridgehead atoms. The number of aromatic nitrogens is 2. The normalized spacial score (nSPS) is 10.6. The van der Waals surface area contributed by atoms with E-state index in [1.807, 2.05) is 18.2 Å². The maximum absolute atomic E-state index is 12.4. The maximum Gasteiger partial charge on any atom is 0.443 e. The summed E-state index contributed by atoms with van der Waals surface area (Å²) in [5, 5.41) is 4.65. The van der Waals surface area contributed by atoms with Crippen LogP contribution in [0.4, 0.5) is 4.79 Å². The summed E-state index contributed by atoms with van der Waals surface area (Å²) in [6, 6.07) is 13.1. The third-order valence-corrected chi connectivity index (χ3v) is 5.64. The molecule has 3 rings (SSSR count). The average molecular weight is 499 g/mol.